The quantitative estimate of drug-likeness (QED) is 0.331. The predicted molar refractivity (Wildman–Crippen MR) is 127 cm³/mol. The number of aromatic amines is 1. The maximum absolute atomic E-state index is 13.4. The Morgan fingerprint density at radius 1 is 1.27 bits per heavy atom. The molecule has 0 aliphatic carbocycles. The summed E-state index contributed by atoms with van der Waals surface area (Å²) in [7, 11) is 0. The van der Waals surface area contributed by atoms with Crippen LogP contribution >= 0.6 is 35.0 Å². The number of allylic oxidation sites excluding steroid dienone is 5. The monoisotopic (exact) mass is 516 g/mol. The van der Waals surface area contributed by atoms with Crippen molar-refractivity contribution < 1.29 is 13.2 Å². The lowest BCUT2D eigenvalue weighted by Gasteiger charge is -2.13. The summed E-state index contributed by atoms with van der Waals surface area (Å²) in [5.41, 5.74) is -0.539. The van der Waals surface area contributed by atoms with Crippen LogP contribution in [0.15, 0.2) is 76.5 Å². The molecule has 0 unspecified atom stereocenters. The van der Waals surface area contributed by atoms with Crippen molar-refractivity contribution in [1.82, 2.24) is 19.7 Å². The second-order valence-electron chi connectivity index (χ2n) is 6.83. The van der Waals surface area contributed by atoms with Gasteiger partial charge in [0.1, 0.15) is 5.69 Å². The van der Waals surface area contributed by atoms with Crippen LogP contribution in [0.5, 0.6) is 0 Å². The third-order valence-electron chi connectivity index (χ3n) is 4.20. The number of rotatable bonds is 7. The average molecular weight is 517 g/mol. The zero-order chi connectivity index (χ0) is 24.6. The molecule has 0 saturated heterocycles. The Morgan fingerprint density at radius 2 is 1.94 bits per heavy atom. The Hall–Kier alpha value is -2.49. The Bertz CT molecular complexity index is 1160. The summed E-state index contributed by atoms with van der Waals surface area (Å²) < 4.78 is 41.4. The number of hydrogen-bond acceptors (Lipinski definition) is 4. The summed E-state index contributed by atoms with van der Waals surface area (Å²) >= 11 is 13.3. The topological polar surface area (TPSA) is 63.6 Å². The van der Waals surface area contributed by atoms with Gasteiger partial charge in [0.2, 0.25) is 0 Å². The molecule has 0 aliphatic heterocycles. The van der Waals surface area contributed by atoms with Gasteiger partial charge in [0, 0.05) is 34.7 Å². The van der Waals surface area contributed by atoms with Gasteiger partial charge < -0.3 is 4.57 Å². The Balaban J connectivity index is 2.40. The minimum atomic E-state index is -4.58. The summed E-state index contributed by atoms with van der Waals surface area (Å²) in [6.07, 6.45) is 1.43. The van der Waals surface area contributed by atoms with Crippen molar-refractivity contribution in [3.63, 3.8) is 0 Å². The van der Waals surface area contributed by atoms with Gasteiger partial charge in [0.05, 0.1) is 5.57 Å². The van der Waals surface area contributed by atoms with Gasteiger partial charge in [-0.3, -0.25) is 9.89 Å². The van der Waals surface area contributed by atoms with E-state index in [2.05, 4.69) is 21.8 Å². The van der Waals surface area contributed by atoms with Crippen LogP contribution in [0.3, 0.4) is 0 Å². The van der Waals surface area contributed by atoms with Crippen LogP contribution in [0.25, 0.3) is 0 Å². The normalized spacial score (nSPS) is 12.5. The van der Waals surface area contributed by atoms with Crippen LogP contribution in [0.2, 0.25) is 10.0 Å². The first-order chi connectivity index (χ1) is 15.5. The van der Waals surface area contributed by atoms with E-state index in [0.717, 1.165) is 16.2 Å². The highest BCUT2D eigenvalue weighted by atomic mass is 35.5. The molecule has 1 aromatic carbocycles. The standard InChI is InChI=1S/C22H21Cl2F3N4OS/c1-4-5-6-19(22(25,26)27)14(2)12-31-8-7-28-21(30-29-15(3)20(31)32)33-13-16-9-17(23)11-18(24)10-16/h4-11H,1,12-13H2,2-3H3,(H,28,30)/b6-5-,8-7?,19-14+,29-15?. The highest BCUT2D eigenvalue weighted by molar-refractivity contribution is 7.98. The SMILES string of the molecule is C=C/C=C\C(=C(\C)Cn1ccnc(SCc2cc(Cl)cc(Cl)c2)[nH]nc(C)c1=O)C(F)(F)F. The zero-order valence-corrected chi connectivity index (χ0v) is 20.1. The summed E-state index contributed by atoms with van der Waals surface area (Å²) in [6.45, 7) is 5.87. The third-order valence-corrected chi connectivity index (χ3v) is 5.58. The maximum Gasteiger partial charge on any atom is 0.416 e. The number of nitrogens with one attached hydrogen (secondary N) is 1. The van der Waals surface area contributed by atoms with Gasteiger partial charge in [-0.15, -0.1) is 0 Å². The summed E-state index contributed by atoms with van der Waals surface area (Å²) in [5, 5.41) is 8.12. The van der Waals surface area contributed by atoms with Gasteiger partial charge in [-0.1, -0.05) is 59.8 Å². The van der Waals surface area contributed by atoms with E-state index < -0.39 is 17.3 Å². The molecule has 0 spiro atoms. The van der Waals surface area contributed by atoms with E-state index in [9.17, 15) is 18.0 Å². The van der Waals surface area contributed by atoms with Gasteiger partial charge in [-0.25, -0.2) is 4.98 Å². The fraction of sp³-hybridized carbons (Fsp3) is 0.227. The largest absolute Gasteiger partial charge is 0.416 e. The molecular weight excluding hydrogens is 496 g/mol. The van der Waals surface area contributed by atoms with E-state index in [4.69, 9.17) is 23.2 Å². The van der Waals surface area contributed by atoms with Crippen LogP contribution in [0.1, 0.15) is 18.2 Å². The summed E-state index contributed by atoms with van der Waals surface area (Å²) in [6, 6.07) is 5.15. The molecule has 2 rings (SSSR count). The smallest absolute Gasteiger partial charge is 0.308 e. The van der Waals surface area contributed by atoms with Gasteiger partial charge in [0.25, 0.3) is 5.56 Å². The number of thioether (sulfide) groups is 1. The molecule has 1 heterocycles. The van der Waals surface area contributed by atoms with Crippen molar-refractivity contribution in [2.75, 3.05) is 0 Å². The van der Waals surface area contributed by atoms with E-state index in [1.165, 1.54) is 50.2 Å². The average Bonchev–Trinajstić information content (AvgIpc) is 2.77. The first-order valence-corrected chi connectivity index (χ1v) is 11.2. The molecule has 11 heteroatoms. The van der Waals surface area contributed by atoms with Crippen molar-refractivity contribution in [3.05, 3.63) is 98.2 Å². The number of aromatic nitrogens is 4. The molecule has 176 valence electrons. The lowest BCUT2D eigenvalue weighted by Crippen LogP contribution is -2.23. The van der Waals surface area contributed by atoms with E-state index in [1.807, 2.05) is 0 Å². The molecule has 2 aromatic rings. The number of aryl methyl sites for hydroxylation is 1. The van der Waals surface area contributed by atoms with Crippen molar-refractivity contribution in [3.8, 4) is 0 Å². The highest BCUT2D eigenvalue weighted by Gasteiger charge is 2.33. The van der Waals surface area contributed by atoms with Crippen molar-refractivity contribution in [2.45, 2.75) is 37.5 Å². The second kappa shape index (κ2) is 12.1. The summed E-state index contributed by atoms with van der Waals surface area (Å²) in [5.74, 6) is 0.471. The maximum atomic E-state index is 13.4. The third kappa shape index (κ3) is 8.42. The molecule has 0 saturated carbocycles. The molecule has 33 heavy (non-hydrogen) atoms. The molecule has 0 fully saturated rings. The van der Waals surface area contributed by atoms with Crippen LogP contribution in [0, 0.1) is 6.92 Å². The number of nitrogens with zero attached hydrogens (tertiary/aromatic N) is 3. The zero-order valence-electron chi connectivity index (χ0n) is 17.8. The predicted octanol–water partition coefficient (Wildman–Crippen LogP) is 6.62. The number of alkyl halides is 3. The van der Waals surface area contributed by atoms with Crippen molar-refractivity contribution in [2.24, 2.45) is 0 Å². The molecule has 5 nitrogen and oxygen atoms in total. The van der Waals surface area contributed by atoms with Crippen LogP contribution in [-0.4, -0.2) is 25.9 Å². The second-order valence-corrected chi connectivity index (χ2v) is 8.66. The number of hydrogen-bond donors (Lipinski definition) is 1. The Labute approximate surface area is 203 Å². The first-order valence-electron chi connectivity index (χ1n) is 9.50. The van der Waals surface area contributed by atoms with E-state index >= 15 is 0 Å². The van der Waals surface area contributed by atoms with Gasteiger partial charge in [-0.05, 0) is 43.2 Å². The van der Waals surface area contributed by atoms with Crippen molar-refractivity contribution >= 4 is 35.0 Å². The van der Waals surface area contributed by atoms with Gasteiger partial charge in [-0.2, -0.15) is 18.3 Å². The molecule has 1 N–H and O–H groups in total. The number of halogens is 5. The molecular formula is C22H21Cl2F3N4OS. The fourth-order valence-corrected chi connectivity index (χ4v) is 3.98. The van der Waals surface area contributed by atoms with Crippen LogP contribution in [0.4, 0.5) is 13.2 Å². The molecule has 0 amide bonds. The molecule has 0 bridgehead atoms. The lowest BCUT2D eigenvalue weighted by molar-refractivity contribution is -0.0891. The van der Waals surface area contributed by atoms with Gasteiger partial charge in [0.15, 0.2) is 5.16 Å². The Kier molecular flexibility index (Phi) is 9.82. The van der Waals surface area contributed by atoms with Crippen molar-refractivity contribution in [1.29, 1.82) is 0 Å². The minimum Gasteiger partial charge on any atom is -0.308 e. The fourth-order valence-electron chi connectivity index (χ4n) is 2.69. The van der Waals surface area contributed by atoms with Crippen LogP contribution < -0.4 is 5.56 Å². The minimum absolute atomic E-state index is 0.0463. The number of benzene rings is 1. The molecule has 0 atom stereocenters. The van der Waals surface area contributed by atoms with E-state index in [0.29, 0.717) is 21.0 Å². The molecule has 0 radical (unpaired) electrons. The Morgan fingerprint density at radius 3 is 2.55 bits per heavy atom. The molecule has 1 aromatic heterocycles. The van der Waals surface area contributed by atoms with E-state index in [1.54, 1.807) is 18.2 Å². The highest BCUT2D eigenvalue weighted by Crippen LogP contribution is 2.30. The van der Waals surface area contributed by atoms with E-state index in [-0.39, 0.29) is 17.8 Å². The lowest BCUT2D eigenvalue weighted by atomic mass is 10.1. The first kappa shape index (κ1) is 26.8. The van der Waals surface area contributed by atoms with Crippen LogP contribution in [-0.2, 0) is 12.3 Å². The van der Waals surface area contributed by atoms with Gasteiger partial charge >= 0.3 is 6.18 Å². The summed E-state index contributed by atoms with van der Waals surface area (Å²) in [4.78, 5) is 16.9. The molecule has 0 aliphatic rings. The number of H-pyrrole nitrogens is 1.